The van der Waals surface area contributed by atoms with Crippen LogP contribution in [0.1, 0.15) is 34.8 Å². The molecular formula is C12H15BrO2. The first-order valence-corrected chi connectivity index (χ1v) is 6.16. The Bertz CT molecular complexity index is 347. The summed E-state index contributed by atoms with van der Waals surface area (Å²) in [5, 5.41) is 9.85. The molecule has 0 radical (unpaired) electrons. The molecule has 0 spiro atoms. The molecule has 82 valence electrons. The summed E-state index contributed by atoms with van der Waals surface area (Å²) in [4.78, 5) is 11.7. The van der Waals surface area contributed by atoms with E-state index in [4.69, 9.17) is 0 Å². The minimum Gasteiger partial charge on any atom is -0.392 e. The maximum Gasteiger partial charge on any atom is 0.164 e. The van der Waals surface area contributed by atoms with Crippen molar-refractivity contribution in [2.75, 3.05) is 5.33 Å². The first kappa shape index (κ1) is 12.4. The summed E-state index contributed by atoms with van der Waals surface area (Å²) < 4.78 is 0. The highest BCUT2D eigenvalue weighted by molar-refractivity contribution is 9.09. The van der Waals surface area contributed by atoms with E-state index in [1.54, 1.807) is 0 Å². The molecule has 1 aromatic rings. The largest absolute Gasteiger partial charge is 0.392 e. The number of carbonyl (C=O) groups excluding carboxylic acids is 1. The Kier molecular flexibility index (Phi) is 4.99. The van der Waals surface area contributed by atoms with Crippen LogP contribution in [0.25, 0.3) is 0 Å². The SMILES string of the molecule is CCc1ccc(C(=O)CCBr)c(CO)c1. The molecule has 2 nitrogen and oxygen atoms in total. The highest BCUT2D eigenvalue weighted by Gasteiger charge is 2.10. The second-order valence-electron chi connectivity index (χ2n) is 3.37. The van der Waals surface area contributed by atoms with Crippen molar-refractivity contribution < 1.29 is 9.90 Å². The van der Waals surface area contributed by atoms with Gasteiger partial charge in [-0.05, 0) is 17.5 Å². The number of aliphatic hydroxyl groups excluding tert-OH is 1. The van der Waals surface area contributed by atoms with Crippen molar-refractivity contribution in [3.8, 4) is 0 Å². The van der Waals surface area contributed by atoms with Crippen LogP contribution >= 0.6 is 15.9 Å². The summed E-state index contributed by atoms with van der Waals surface area (Å²) >= 11 is 3.24. The number of halogens is 1. The van der Waals surface area contributed by atoms with Gasteiger partial charge in [0, 0.05) is 17.3 Å². The maximum atomic E-state index is 11.7. The number of hydrogen-bond acceptors (Lipinski definition) is 2. The summed E-state index contributed by atoms with van der Waals surface area (Å²) in [6.45, 7) is 1.98. The van der Waals surface area contributed by atoms with Crippen LogP contribution in [-0.2, 0) is 13.0 Å². The van der Waals surface area contributed by atoms with Gasteiger partial charge < -0.3 is 5.11 Å². The zero-order chi connectivity index (χ0) is 11.3. The van der Waals surface area contributed by atoms with Crippen LogP contribution in [0, 0.1) is 0 Å². The minimum absolute atomic E-state index is 0.0722. The molecule has 1 rings (SSSR count). The molecule has 0 fully saturated rings. The van der Waals surface area contributed by atoms with Crippen molar-refractivity contribution in [3.63, 3.8) is 0 Å². The molecule has 0 bridgehead atoms. The van der Waals surface area contributed by atoms with Crippen molar-refractivity contribution in [3.05, 3.63) is 34.9 Å². The summed E-state index contributed by atoms with van der Waals surface area (Å²) in [6, 6.07) is 5.66. The van der Waals surface area contributed by atoms with Crippen LogP contribution in [0.2, 0.25) is 0 Å². The van der Waals surface area contributed by atoms with Crippen LogP contribution in [0.15, 0.2) is 18.2 Å². The fraction of sp³-hybridized carbons (Fsp3) is 0.417. The Morgan fingerprint density at radius 3 is 2.73 bits per heavy atom. The lowest BCUT2D eigenvalue weighted by molar-refractivity contribution is 0.0987. The van der Waals surface area contributed by atoms with E-state index in [1.165, 1.54) is 0 Å². The van der Waals surface area contributed by atoms with E-state index in [9.17, 15) is 9.90 Å². The Labute approximate surface area is 98.4 Å². The third-order valence-corrected chi connectivity index (χ3v) is 2.77. The van der Waals surface area contributed by atoms with Gasteiger partial charge in [-0.1, -0.05) is 41.1 Å². The van der Waals surface area contributed by atoms with Gasteiger partial charge in [-0.2, -0.15) is 0 Å². The smallest absolute Gasteiger partial charge is 0.164 e. The van der Waals surface area contributed by atoms with Crippen LogP contribution in [-0.4, -0.2) is 16.2 Å². The molecule has 0 amide bonds. The van der Waals surface area contributed by atoms with Gasteiger partial charge in [-0.3, -0.25) is 4.79 Å². The molecule has 1 aromatic carbocycles. The summed E-state index contributed by atoms with van der Waals surface area (Å²) in [6.07, 6.45) is 1.39. The quantitative estimate of drug-likeness (QED) is 0.660. The number of Topliss-reactive ketones (excluding diaryl/α,β-unsaturated/α-hetero) is 1. The van der Waals surface area contributed by atoms with Gasteiger partial charge in [0.2, 0.25) is 0 Å². The molecule has 0 saturated heterocycles. The number of benzene rings is 1. The van der Waals surface area contributed by atoms with E-state index in [1.807, 2.05) is 18.2 Å². The predicted octanol–water partition coefficient (Wildman–Crippen LogP) is 2.71. The third kappa shape index (κ3) is 3.14. The van der Waals surface area contributed by atoms with E-state index in [2.05, 4.69) is 22.9 Å². The lowest BCUT2D eigenvalue weighted by atomic mass is 9.99. The fourth-order valence-electron chi connectivity index (χ4n) is 1.49. The second kappa shape index (κ2) is 6.03. The Balaban J connectivity index is 3.02. The number of carbonyl (C=O) groups is 1. The molecule has 0 atom stereocenters. The molecule has 0 saturated carbocycles. The molecule has 1 N–H and O–H groups in total. The van der Waals surface area contributed by atoms with Gasteiger partial charge in [0.25, 0.3) is 0 Å². The normalized spacial score (nSPS) is 10.3. The van der Waals surface area contributed by atoms with Crippen LogP contribution in [0.3, 0.4) is 0 Å². The van der Waals surface area contributed by atoms with E-state index >= 15 is 0 Å². The number of aryl methyl sites for hydroxylation is 1. The molecular weight excluding hydrogens is 256 g/mol. The third-order valence-electron chi connectivity index (χ3n) is 2.37. The van der Waals surface area contributed by atoms with Gasteiger partial charge in [0.1, 0.15) is 0 Å². The predicted molar refractivity (Wildman–Crippen MR) is 64.5 cm³/mol. The van der Waals surface area contributed by atoms with Gasteiger partial charge in [0.15, 0.2) is 5.78 Å². The van der Waals surface area contributed by atoms with Crippen LogP contribution < -0.4 is 0 Å². The summed E-state index contributed by atoms with van der Waals surface area (Å²) in [5.41, 5.74) is 2.53. The van der Waals surface area contributed by atoms with Gasteiger partial charge in [-0.15, -0.1) is 0 Å². The molecule has 3 heteroatoms. The molecule has 0 aromatic heterocycles. The standard InChI is InChI=1S/C12H15BrO2/c1-2-9-3-4-11(10(7-9)8-14)12(15)5-6-13/h3-4,7,14H,2,5-6,8H2,1H3. The number of ketones is 1. The zero-order valence-corrected chi connectivity index (χ0v) is 10.4. The number of aliphatic hydroxyl groups is 1. The second-order valence-corrected chi connectivity index (χ2v) is 4.16. The van der Waals surface area contributed by atoms with E-state index in [-0.39, 0.29) is 12.4 Å². The Morgan fingerprint density at radius 2 is 2.20 bits per heavy atom. The van der Waals surface area contributed by atoms with Crippen LogP contribution in [0.5, 0.6) is 0 Å². The Morgan fingerprint density at radius 1 is 1.47 bits per heavy atom. The lowest BCUT2D eigenvalue weighted by Crippen LogP contribution is -2.05. The Hall–Kier alpha value is -0.670. The average Bonchev–Trinajstić information content (AvgIpc) is 2.28. The summed E-state index contributed by atoms with van der Waals surface area (Å²) in [5.74, 6) is 0.0820. The maximum absolute atomic E-state index is 11.7. The molecule has 0 unspecified atom stereocenters. The number of rotatable bonds is 5. The van der Waals surface area contributed by atoms with E-state index in [0.29, 0.717) is 17.3 Å². The molecule has 0 aliphatic rings. The van der Waals surface area contributed by atoms with Gasteiger partial charge >= 0.3 is 0 Å². The fourth-order valence-corrected chi connectivity index (χ4v) is 1.85. The first-order chi connectivity index (χ1) is 7.22. The number of alkyl halides is 1. The van der Waals surface area contributed by atoms with E-state index < -0.39 is 0 Å². The zero-order valence-electron chi connectivity index (χ0n) is 8.79. The topological polar surface area (TPSA) is 37.3 Å². The first-order valence-electron chi connectivity index (χ1n) is 5.04. The lowest BCUT2D eigenvalue weighted by Gasteiger charge is -2.07. The summed E-state index contributed by atoms with van der Waals surface area (Å²) in [7, 11) is 0. The molecule has 0 heterocycles. The monoisotopic (exact) mass is 270 g/mol. The highest BCUT2D eigenvalue weighted by Crippen LogP contribution is 2.15. The van der Waals surface area contributed by atoms with Crippen molar-refractivity contribution in [1.82, 2.24) is 0 Å². The van der Waals surface area contributed by atoms with Crippen LogP contribution in [0.4, 0.5) is 0 Å². The van der Waals surface area contributed by atoms with Crippen molar-refractivity contribution in [2.24, 2.45) is 0 Å². The van der Waals surface area contributed by atoms with Gasteiger partial charge in [0.05, 0.1) is 6.61 Å². The molecule has 15 heavy (non-hydrogen) atoms. The number of hydrogen-bond donors (Lipinski definition) is 1. The molecule has 0 aliphatic carbocycles. The van der Waals surface area contributed by atoms with E-state index in [0.717, 1.165) is 17.5 Å². The minimum atomic E-state index is -0.0722. The molecule has 0 aliphatic heterocycles. The highest BCUT2D eigenvalue weighted by atomic mass is 79.9. The van der Waals surface area contributed by atoms with Crippen molar-refractivity contribution in [1.29, 1.82) is 0 Å². The van der Waals surface area contributed by atoms with Crippen molar-refractivity contribution >= 4 is 21.7 Å². The van der Waals surface area contributed by atoms with Crippen molar-refractivity contribution in [2.45, 2.75) is 26.4 Å². The average molecular weight is 271 g/mol. The van der Waals surface area contributed by atoms with Gasteiger partial charge in [-0.25, -0.2) is 0 Å².